The van der Waals surface area contributed by atoms with Crippen LogP contribution in [0.5, 0.6) is 5.75 Å². The molecule has 28 heavy (non-hydrogen) atoms. The van der Waals surface area contributed by atoms with Gasteiger partial charge in [-0.2, -0.15) is 0 Å². The molecule has 0 aromatic heterocycles. The van der Waals surface area contributed by atoms with Gasteiger partial charge in [-0.05, 0) is 50.6 Å². The van der Waals surface area contributed by atoms with Gasteiger partial charge < -0.3 is 15.0 Å². The normalized spacial score (nSPS) is 15.5. The Morgan fingerprint density at radius 3 is 2.64 bits per heavy atom. The number of amides is 2. The highest BCUT2D eigenvalue weighted by molar-refractivity contribution is 6.37. The fraction of sp³-hybridized carbons (Fsp3) is 0.333. The number of fused-ring (bicyclic) bond motifs is 1. The van der Waals surface area contributed by atoms with Crippen LogP contribution in [-0.4, -0.2) is 25.0 Å². The zero-order valence-electron chi connectivity index (χ0n) is 16.0. The second kappa shape index (κ2) is 8.02. The Bertz CT molecular complexity index is 928. The van der Waals surface area contributed by atoms with Crippen LogP contribution in [0, 0.1) is 5.41 Å². The third-order valence-corrected chi connectivity index (χ3v) is 5.09. The molecule has 2 aromatic rings. The van der Waals surface area contributed by atoms with Crippen LogP contribution in [-0.2, 0) is 4.79 Å². The molecule has 5 nitrogen and oxygen atoms in total. The van der Waals surface area contributed by atoms with E-state index in [1.54, 1.807) is 35.2 Å². The molecule has 1 N–H and O–H groups in total. The predicted octanol–water partition coefficient (Wildman–Crippen LogP) is 5.41. The number of nitrogens with zero attached hydrogens (tertiary/aromatic N) is 1. The van der Waals surface area contributed by atoms with E-state index < -0.39 is 5.41 Å². The Balaban J connectivity index is 1.90. The number of anilines is 2. The van der Waals surface area contributed by atoms with Crippen LogP contribution in [0.4, 0.5) is 11.4 Å². The van der Waals surface area contributed by atoms with Crippen molar-refractivity contribution >= 4 is 46.4 Å². The average Bonchev–Trinajstić information content (AvgIpc) is 2.72. The van der Waals surface area contributed by atoms with Crippen molar-refractivity contribution in [3.05, 3.63) is 52.0 Å². The molecule has 1 aliphatic rings. The lowest BCUT2D eigenvalue weighted by molar-refractivity contribution is -0.127. The molecule has 0 spiro atoms. The molecule has 148 valence electrons. The van der Waals surface area contributed by atoms with Crippen molar-refractivity contribution in [1.29, 1.82) is 0 Å². The first-order valence-corrected chi connectivity index (χ1v) is 9.84. The smallest absolute Gasteiger partial charge is 0.257 e. The van der Waals surface area contributed by atoms with E-state index in [1.807, 2.05) is 20.8 Å². The average molecular weight is 421 g/mol. The van der Waals surface area contributed by atoms with Crippen LogP contribution < -0.4 is 15.0 Å². The standard InChI is InChI=1S/C21H22Cl2N2O3/c1-4-9-25-17-8-6-14(11-18(17)28-12-21(2,3)20(25)27)24-19(26)15-7-5-13(22)10-16(15)23/h5-8,10-11H,4,9,12H2,1-3H3,(H,24,26). The number of ether oxygens (including phenoxy) is 1. The largest absolute Gasteiger partial charge is 0.490 e. The van der Waals surface area contributed by atoms with Crippen molar-refractivity contribution in [1.82, 2.24) is 0 Å². The van der Waals surface area contributed by atoms with Gasteiger partial charge in [0.1, 0.15) is 12.4 Å². The molecular formula is C21H22Cl2N2O3. The molecule has 0 fully saturated rings. The predicted molar refractivity (Wildman–Crippen MR) is 113 cm³/mol. The summed E-state index contributed by atoms with van der Waals surface area (Å²) >= 11 is 12.0. The fourth-order valence-corrected chi connectivity index (χ4v) is 3.54. The quantitative estimate of drug-likeness (QED) is 0.719. The Kier molecular flexibility index (Phi) is 5.87. The molecule has 1 heterocycles. The molecule has 1 aliphatic heterocycles. The minimum Gasteiger partial charge on any atom is -0.490 e. The Hall–Kier alpha value is -2.24. The van der Waals surface area contributed by atoms with Crippen LogP contribution in [0.2, 0.25) is 10.0 Å². The molecule has 0 atom stereocenters. The maximum atomic E-state index is 12.9. The fourth-order valence-electron chi connectivity index (χ4n) is 3.04. The first-order chi connectivity index (χ1) is 13.2. The SMILES string of the molecule is CCCN1C(=O)C(C)(C)COc2cc(NC(=O)c3ccc(Cl)cc3Cl)ccc21. The second-order valence-corrected chi connectivity index (χ2v) is 8.23. The van der Waals surface area contributed by atoms with Crippen LogP contribution in [0.15, 0.2) is 36.4 Å². The van der Waals surface area contributed by atoms with Crippen LogP contribution in [0.3, 0.4) is 0 Å². The van der Waals surface area contributed by atoms with E-state index in [9.17, 15) is 9.59 Å². The number of benzene rings is 2. The molecule has 0 radical (unpaired) electrons. The molecule has 2 amide bonds. The first kappa shape index (κ1) is 20.5. The lowest BCUT2D eigenvalue weighted by Gasteiger charge is -2.27. The van der Waals surface area contributed by atoms with Gasteiger partial charge in [0, 0.05) is 23.3 Å². The van der Waals surface area contributed by atoms with Crippen LogP contribution in [0.1, 0.15) is 37.6 Å². The summed E-state index contributed by atoms with van der Waals surface area (Å²) in [4.78, 5) is 27.2. The number of nitrogens with one attached hydrogen (secondary N) is 1. The van der Waals surface area contributed by atoms with Gasteiger partial charge in [0.25, 0.3) is 5.91 Å². The van der Waals surface area contributed by atoms with Gasteiger partial charge in [-0.3, -0.25) is 9.59 Å². The third-order valence-electron chi connectivity index (χ3n) is 4.54. The number of carbonyl (C=O) groups is 2. The molecule has 0 aliphatic carbocycles. The summed E-state index contributed by atoms with van der Waals surface area (Å²) in [5.74, 6) is 0.238. The van der Waals surface area contributed by atoms with E-state index in [0.717, 1.165) is 6.42 Å². The summed E-state index contributed by atoms with van der Waals surface area (Å²) in [7, 11) is 0. The molecule has 0 saturated heterocycles. The number of hydrogen-bond acceptors (Lipinski definition) is 3. The lowest BCUT2D eigenvalue weighted by Crippen LogP contribution is -2.42. The number of rotatable bonds is 4. The molecule has 2 aromatic carbocycles. The maximum Gasteiger partial charge on any atom is 0.257 e. The number of halogens is 2. The van der Waals surface area contributed by atoms with E-state index in [0.29, 0.717) is 34.3 Å². The Labute approximate surface area is 174 Å². The van der Waals surface area contributed by atoms with Gasteiger partial charge in [-0.15, -0.1) is 0 Å². The highest BCUT2D eigenvalue weighted by Crippen LogP contribution is 2.38. The van der Waals surface area contributed by atoms with Gasteiger partial charge >= 0.3 is 0 Å². The van der Waals surface area contributed by atoms with Crippen LogP contribution in [0.25, 0.3) is 0 Å². The molecule has 3 rings (SSSR count). The van der Waals surface area contributed by atoms with Crippen molar-refractivity contribution in [2.24, 2.45) is 5.41 Å². The maximum absolute atomic E-state index is 12.9. The van der Waals surface area contributed by atoms with E-state index in [2.05, 4.69) is 5.32 Å². The van der Waals surface area contributed by atoms with E-state index in [1.165, 1.54) is 6.07 Å². The second-order valence-electron chi connectivity index (χ2n) is 7.39. The van der Waals surface area contributed by atoms with Crippen molar-refractivity contribution < 1.29 is 14.3 Å². The van der Waals surface area contributed by atoms with Gasteiger partial charge in [0.2, 0.25) is 5.91 Å². The zero-order chi connectivity index (χ0) is 20.5. The van der Waals surface area contributed by atoms with E-state index in [-0.39, 0.29) is 23.4 Å². The highest BCUT2D eigenvalue weighted by Gasteiger charge is 2.37. The van der Waals surface area contributed by atoms with Gasteiger partial charge in [0.15, 0.2) is 0 Å². The van der Waals surface area contributed by atoms with Gasteiger partial charge in [0.05, 0.1) is 21.7 Å². The summed E-state index contributed by atoms with van der Waals surface area (Å²) in [5, 5.41) is 3.55. The Morgan fingerprint density at radius 1 is 1.21 bits per heavy atom. The number of carbonyl (C=O) groups excluding carboxylic acids is 2. The molecular weight excluding hydrogens is 399 g/mol. The third kappa shape index (κ3) is 4.10. The van der Waals surface area contributed by atoms with Gasteiger partial charge in [-0.1, -0.05) is 30.1 Å². The van der Waals surface area contributed by atoms with Crippen LogP contribution >= 0.6 is 23.2 Å². The first-order valence-electron chi connectivity index (χ1n) is 9.08. The number of hydrogen-bond donors (Lipinski definition) is 1. The molecule has 7 heteroatoms. The molecule has 0 unspecified atom stereocenters. The minimum absolute atomic E-state index is 0.0258. The Morgan fingerprint density at radius 2 is 1.96 bits per heavy atom. The highest BCUT2D eigenvalue weighted by atomic mass is 35.5. The van der Waals surface area contributed by atoms with E-state index in [4.69, 9.17) is 27.9 Å². The summed E-state index contributed by atoms with van der Waals surface area (Å²) in [5.41, 5.74) is 0.957. The monoisotopic (exact) mass is 420 g/mol. The van der Waals surface area contributed by atoms with Gasteiger partial charge in [-0.25, -0.2) is 0 Å². The van der Waals surface area contributed by atoms with Crippen molar-refractivity contribution in [2.75, 3.05) is 23.4 Å². The van der Waals surface area contributed by atoms with Crippen molar-refractivity contribution in [3.63, 3.8) is 0 Å². The summed E-state index contributed by atoms with van der Waals surface area (Å²) < 4.78 is 5.92. The molecule has 0 bridgehead atoms. The van der Waals surface area contributed by atoms with E-state index >= 15 is 0 Å². The minimum atomic E-state index is -0.631. The van der Waals surface area contributed by atoms with Crippen molar-refractivity contribution in [3.8, 4) is 5.75 Å². The lowest BCUT2D eigenvalue weighted by atomic mass is 9.93. The zero-order valence-corrected chi connectivity index (χ0v) is 17.5. The summed E-state index contributed by atoms with van der Waals surface area (Å²) in [6, 6.07) is 9.98. The topological polar surface area (TPSA) is 58.6 Å². The van der Waals surface area contributed by atoms with Crippen molar-refractivity contribution in [2.45, 2.75) is 27.2 Å². The molecule has 0 saturated carbocycles. The summed E-state index contributed by atoms with van der Waals surface area (Å²) in [6.45, 7) is 6.63. The summed E-state index contributed by atoms with van der Waals surface area (Å²) in [6.07, 6.45) is 0.828.